The fourth-order valence-electron chi connectivity index (χ4n) is 1.03. The van der Waals surface area contributed by atoms with Crippen molar-refractivity contribution in [2.75, 3.05) is 27.3 Å². The van der Waals surface area contributed by atoms with Gasteiger partial charge in [0.1, 0.15) is 0 Å². The summed E-state index contributed by atoms with van der Waals surface area (Å²) in [5.41, 5.74) is 5.09. The monoisotopic (exact) mass is 216 g/mol. The normalized spacial score (nSPS) is 12.2. The van der Waals surface area contributed by atoms with Gasteiger partial charge in [-0.2, -0.15) is 0 Å². The van der Waals surface area contributed by atoms with Gasteiger partial charge in [0.2, 0.25) is 11.8 Å². The number of rotatable bonds is 7. The van der Waals surface area contributed by atoms with Gasteiger partial charge in [0, 0.05) is 33.0 Å². The number of hydrogen-bond donors (Lipinski definition) is 1. The summed E-state index contributed by atoms with van der Waals surface area (Å²) in [6.07, 6.45) is 0.857. The third-order valence-electron chi connectivity index (χ3n) is 2.33. The lowest BCUT2D eigenvalue weighted by atomic mass is 10.0. The van der Waals surface area contributed by atoms with Gasteiger partial charge in [0.15, 0.2) is 0 Å². The molecular formula is C10H20N2O3. The average molecular weight is 216 g/mol. The van der Waals surface area contributed by atoms with E-state index in [-0.39, 0.29) is 17.7 Å². The summed E-state index contributed by atoms with van der Waals surface area (Å²) in [7, 11) is 3.31. The molecule has 1 atom stereocenters. The highest BCUT2D eigenvalue weighted by atomic mass is 16.5. The van der Waals surface area contributed by atoms with Gasteiger partial charge in [0.25, 0.3) is 0 Å². The number of ether oxygens (including phenoxy) is 1. The van der Waals surface area contributed by atoms with Gasteiger partial charge in [-0.1, -0.05) is 6.92 Å². The Bertz CT molecular complexity index is 219. The molecule has 0 aliphatic heterocycles. The van der Waals surface area contributed by atoms with E-state index < -0.39 is 0 Å². The first-order valence-corrected chi connectivity index (χ1v) is 5.01. The molecule has 0 spiro atoms. The summed E-state index contributed by atoms with van der Waals surface area (Å²) in [6, 6.07) is 0. The van der Waals surface area contributed by atoms with Crippen LogP contribution in [-0.2, 0) is 14.3 Å². The molecule has 88 valence electrons. The quantitative estimate of drug-likeness (QED) is 0.650. The van der Waals surface area contributed by atoms with E-state index in [4.69, 9.17) is 10.5 Å². The van der Waals surface area contributed by atoms with Crippen LogP contribution in [0.1, 0.15) is 19.8 Å². The number of nitrogens with two attached hydrogens (primary N) is 1. The Morgan fingerprint density at radius 2 is 2.07 bits per heavy atom. The van der Waals surface area contributed by atoms with Crippen molar-refractivity contribution in [1.29, 1.82) is 0 Å². The Balaban J connectivity index is 3.77. The molecule has 0 radical (unpaired) electrons. The Kier molecular flexibility index (Phi) is 6.70. The molecule has 0 aromatic rings. The number of nitrogens with zero attached hydrogens (tertiary/aromatic N) is 1. The summed E-state index contributed by atoms with van der Waals surface area (Å²) in [4.78, 5) is 23.8. The van der Waals surface area contributed by atoms with Gasteiger partial charge in [-0.25, -0.2) is 0 Å². The highest BCUT2D eigenvalue weighted by Gasteiger charge is 2.13. The number of amides is 2. The fraction of sp³-hybridized carbons (Fsp3) is 0.800. The molecule has 2 N–H and O–H groups in total. The molecule has 15 heavy (non-hydrogen) atoms. The van der Waals surface area contributed by atoms with Crippen molar-refractivity contribution in [3.05, 3.63) is 0 Å². The van der Waals surface area contributed by atoms with E-state index in [0.717, 1.165) is 0 Å². The maximum atomic E-state index is 11.5. The maximum absolute atomic E-state index is 11.5. The molecule has 0 aliphatic rings. The third kappa shape index (κ3) is 6.06. The van der Waals surface area contributed by atoms with Crippen LogP contribution in [0.15, 0.2) is 0 Å². The lowest BCUT2D eigenvalue weighted by Gasteiger charge is -2.17. The topological polar surface area (TPSA) is 72.6 Å². The minimum absolute atomic E-state index is 0.0140. The van der Waals surface area contributed by atoms with Crippen LogP contribution in [0.25, 0.3) is 0 Å². The fourth-order valence-corrected chi connectivity index (χ4v) is 1.03. The summed E-state index contributed by atoms with van der Waals surface area (Å²) < 4.78 is 4.86. The zero-order chi connectivity index (χ0) is 11.8. The van der Waals surface area contributed by atoms with Crippen LogP contribution in [0.5, 0.6) is 0 Å². The zero-order valence-electron chi connectivity index (χ0n) is 9.66. The highest BCUT2D eigenvalue weighted by Crippen LogP contribution is 2.06. The predicted molar refractivity (Wildman–Crippen MR) is 57.1 cm³/mol. The highest BCUT2D eigenvalue weighted by molar-refractivity contribution is 5.79. The van der Waals surface area contributed by atoms with Crippen molar-refractivity contribution in [3.63, 3.8) is 0 Å². The second kappa shape index (κ2) is 7.23. The van der Waals surface area contributed by atoms with E-state index in [1.165, 1.54) is 0 Å². The van der Waals surface area contributed by atoms with Crippen LogP contribution in [0, 0.1) is 5.92 Å². The number of carbonyl (C=O) groups excluding carboxylic acids is 2. The molecule has 0 saturated carbocycles. The van der Waals surface area contributed by atoms with E-state index in [1.807, 2.05) is 0 Å². The number of primary amides is 1. The Morgan fingerprint density at radius 1 is 1.47 bits per heavy atom. The largest absolute Gasteiger partial charge is 0.383 e. The molecule has 0 saturated heterocycles. The van der Waals surface area contributed by atoms with E-state index in [2.05, 4.69) is 0 Å². The van der Waals surface area contributed by atoms with E-state index in [1.54, 1.807) is 26.0 Å². The summed E-state index contributed by atoms with van der Waals surface area (Å²) >= 11 is 0. The minimum Gasteiger partial charge on any atom is -0.383 e. The van der Waals surface area contributed by atoms with Crippen LogP contribution < -0.4 is 5.73 Å². The third-order valence-corrected chi connectivity index (χ3v) is 2.33. The lowest BCUT2D eigenvalue weighted by molar-refractivity contribution is -0.131. The smallest absolute Gasteiger partial charge is 0.222 e. The van der Waals surface area contributed by atoms with Crippen molar-refractivity contribution in [3.8, 4) is 0 Å². The van der Waals surface area contributed by atoms with E-state index in [9.17, 15) is 9.59 Å². The van der Waals surface area contributed by atoms with Crippen molar-refractivity contribution < 1.29 is 14.3 Å². The molecule has 0 aliphatic carbocycles. The molecule has 0 fully saturated rings. The summed E-state index contributed by atoms with van der Waals surface area (Å²) in [5.74, 6) is -0.590. The van der Waals surface area contributed by atoms with Crippen LogP contribution in [0.2, 0.25) is 0 Å². The van der Waals surface area contributed by atoms with Gasteiger partial charge >= 0.3 is 0 Å². The minimum atomic E-state index is -0.359. The van der Waals surface area contributed by atoms with Gasteiger partial charge in [-0.3, -0.25) is 9.59 Å². The SMILES string of the molecule is COCCN(C)C(=O)CC[C@H](C)C(N)=O. The van der Waals surface area contributed by atoms with Gasteiger partial charge in [-0.05, 0) is 6.42 Å². The number of methoxy groups -OCH3 is 1. The second-order valence-corrected chi connectivity index (χ2v) is 3.65. The van der Waals surface area contributed by atoms with Crippen LogP contribution in [0.4, 0.5) is 0 Å². The Morgan fingerprint density at radius 3 is 2.53 bits per heavy atom. The van der Waals surface area contributed by atoms with Crippen LogP contribution in [0.3, 0.4) is 0 Å². The van der Waals surface area contributed by atoms with Crippen LogP contribution in [-0.4, -0.2) is 44.0 Å². The standard InChI is InChI=1S/C10H20N2O3/c1-8(10(11)14)4-5-9(13)12(2)6-7-15-3/h8H,4-7H2,1-3H3,(H2,11,14)/t8-/m0/s1. The van der Waals surface area contributed by atoms with E-state index >= 15 is 0 Å². The van der Waals surface area contributed by atoms with Gasteiger partial charge in [-0.15, -0.1) is 0 Å². The first kappa shape index (κ1) is 13.9. The molecule has 0 aromatic heterocycles. The molecule has 0 rings (SSSR count). The van der Waals surface area contributed by atoms with Crippen molar-refractivity contribution >= 4 is 11.8 Å². The van der Waals surface area contributed by atoms with Gasteiger partial charge < -0.3 is 15.4 Å². The average Bonchev–Trinajstić information content (AvgIpc) is 2.21. The molecule has 0 aromatic carbocycles. The van der Waals surface area contributed by atoms with Crippen molar-refractivity contribution in [2.45, 2.75) is 19.8 Å². The molecular weight excluding hydrogens is 196 g/mol. The van der Waals surface area contributed by atoms with Crippen molar-refractivity contribution in [2.24, 2.45) is 11.7 Å². The van der Waals surface area contributed by atoms with Gasteiger partial charge in [0.05, 0.1) is 6.61 Å². The lowest BCUT2D eigenvalue weighted by Crippen LogP contribution is -2.31. The Hall–Kier alpha value is -1.10. The summed E-state index contributed by atoms with van der Waals surface area (Å²) in [6.45, 7) is 2.82. The van der Waals surface area contributed by atoms with Crippen molar-refractivity contribution in [1.82, 2.24) is 4.90 Å². The first-order chi connectivity index (χ1) is 6.99. The maximum Gasteiger partial charge on any atom is 0.222 e. The number of likely N-dealkylation sites (N-methyl/N-ethyl adjacent to an activating group) is 1. The zero-order valence-corrected chi connectivity index (χ0v) is 9.66. The molecule has 5 nitrogen and oxygen atoms in total. The molecule has 0 unspecified atom stereocenters. The number of carbonyl (C=O) groups is 2. The predicted octanol–water partition coefficient (Wildman–Crippen LogP) is -0.00720. The molecule has 0 bridgehead atoms. The molecule has 5 heteroatoms. The Labute approximate surface area is 90.6 Å². The number of hydrogen-bond acceptors (Lipinski definition) is 3. The molecule has 2 amide bonds. The van der Waals surface area contributed by atoms with E-state index in [0.29, 0.717) is 26.0 Å². The van der Waals surface area contributed by atoms with Crippen LogP contribution >= 0.6 is 0 Å². The second-order valence-electron chi connectivity index (χ2n) is 3.65. The molecule has 0 heterocycles. The first-order valence-electron chi connectivity index (χ1n) is 5.01. The summed E-state index contributed by atoms with van der Waals surface area (Å²) in [5, 5.41) is 0.